The van der Waals surface area contributed by atoms with Crippen molar-refractivity contribution >= 4 is 28.5 Å². The number of pyridine rings is 1. The van der Waals surface area contributed by atoms with E-state index in [-0.39, 0.29) is 23.6 Å². The van der Waals surface area contributed by atoms with Crippen LogP contribution in [0.3, 0.4) is 0 Å². The van der Waals surface area contributed by atoms with Gasteiger partial charge in [0.15, 0.2) is 0 Å². The molecule has 0 saturated carbocycles. The van der Waals surface area contributed by atoms with Gasteiger partial charge in [0.05, 0.1) is 28.7 Å². The van der Waals surface area contributed by atoms with Gasteiger partial charge < -0.3 is 14.6 Å². The number of aliphatic hydroxyl groups excluding tert-OH is 1. The summed E-state index contributed by atoms with van der Waals surface area (Å²) >= 11 is 5.82. The van der Waals surface area contributed by atoms with Crippen molar-refractivity contribution in [2.75, 3.05) is 13.2 Å². The number of halogens is 2. The molecule has 1 aliphatic rings. The Kier molecular flexibility index (Phi) is 4.17. The van der Waals surface area contributed by atoms with E-state index in [1.165, 1.54) is 12.1 Å². The van der Waals surface area contributed by atoms with Crippen LogP contribution in [0.4, 0.5) is 4.39 Å². The van der Waals surface area contributed by atoms with Gasteiger partial charge in [0.25, 0.3) is 5.91 Å². The van der Waals surface area contributed by atoms with Gasteiger partial charge in [0.1, 0.15) is 11.5 Å². The molecule has 2 aromatic heterocycles. The fraction of sp³-hybridized carbons (Fsp3) is 0.263. The SMILES string of the molecule is C[C@@H](CO)N1CCn2c(c(-c3ccc(Cl)c(F)c3)c3ncccc32)C1=O. The number of rotatable bonds is 3. The molecule has 0 bridgehead atoms. The molecule has 0 saturated heterocycles. The van der Waals surface area contributed by atoms with Crippen molar-refractivity contribution in [3.63, 3.8) is 0 Å². The zero-order chi connectivity index (χ0) is 18.4. The zero-order valence-electron chi connectivity index (χ0n) is 14.1. The van der Waals surface area contributed by atoms with Crippen LogP contribution in [-0.2, 0) is 6.54 Å². The predicted molar refractivity (Wildman–Crippen MR) is 97.7 cm³/mol. The first kappa shape index (κ1) is 17.0. The highest BCUT2D eigenvalue weighted by atomic mass is 35.5. The molecule has 1 aromatic carbocycles. The van der Waals surface area contributed by atoms with Crippen LogP contribution in [0.1, 0.15) is 17.4 Å². The second-order valence-electron chi connectivity index (χ2n) is 6.41. The van der Waals surface area contributed by atoms with Gasteiger partial charge in [-0.15, -0.1) is 0 Å². The average Bonchev–Trinajstić information content (AvgIpc) is 2.99. The largest absolute Gasteiger partial charge is 0.394 e. The fourth-order valence-electron chi connectivity index (χ4n) is 3.52. The van der Waals surface area contributed by atoms with E-state index in [4.69, 9.17) is 11.6 Å². The molecule has 0 spiro atoms. The van der Waals surface area contributed by atoms with Crippen LogP contribution in [0, 0.1) is 5.82 Å². The summed E-state index contributed by atoms with van der Waals surface area (Å²) in [4.78, 5) is 19.3. The van der Waals surface area contributed by atoms with E-state index >= 15 is 0 Å². The number of fused-ring (bicyclic) bond motifs is 3. The lowest BCUT2D eigenvalue weighted by Gasteiger charge is -2.33. The third-order valence-corrected chi connectivity index (χ3v) is 5.16. The quantitative estimate of drug-likeness (QED) is 0.766. The van der Waals surface area contributed by atoms with Crippen molar-refractivity contribution in [2.24, 2.45) is 0 Å². The van der Waals surface area contributed by atoms with Gasteiger partial charge in [0.2, 0.25) is 0 Å². The summed E-state index contributed by atoms with van der Waals surface area (Å²) in [6, 6.07) is 7.92. The third-order valence-electron chi connectivity index (χ3n) is 4.85. The van der Waals surface area contributed by atoms with Crippen molar-refractivity contribution in [3.05, 3.63) is 53.1 Å². The third kappa shape index (κ3) is 2.48. The van der Waals surface area contributed by atoms with E-state index < -0.39 is 5.82 Å². The van der Waals surface area contributed by atoms with E-state index in [1.54, 1.807) is 24.1 Å². The minimum Gasteiger partial charge on any atom is -0.394 e. The first-order valence-electron chi connectivity index (χ1n) is 8.37. The maximum Gasteiger partial charge on any atom is 0.271 e. The number of carbonyl (C=O) groups excluding carboxylic acids is 1. The number of carbonyl (C=O) groups is 1. The van der Waals surface area contributed by atoms with E-state index in [0.717, 1.165) is 5.52 Å². The normalized spacial score (nSPS) is 15.4. The zero-order valence-corrected chi connectivity index (χ0v) is 14.9. The number of nitrogens with zero attached hydrogens (tertiary/aromatic N) is 3. The highest BCUT2D eigenvalue weighted by Gasteiger charge is 2.33. The van der Waals surface area contributed by atoms with Gasteiger partial charge in [0, 0.05) is 24.8 Å². The summed E-state index contributed by atoms with van der Waals surface area (Å²) in [6.07, 6.45) is 1.66. The van der Waals surface area contributed by atoms with Gasteiger partial charge in [-0.1, -0.05) is 17.7 Å². The fourth-order valence-corrected chi connectivity index (χ4v) is 3.64. The Morgan fingerprint density at radius 1 is 1.35 bits per heavy atom. The molecule has 0 radical (unpaired) electrons. The smallest absolute Gasteiger partial charge is 0.271 e. The van der Waals surface area contributed by atoms with Crippen molar-refractivity contribution in [1.82, 2.24) is 14.5 Å². The van der Waals surface area contributed by atoms with Crippen LogP contribution in [0.15, 0.2) is 36.5 Å². The Bertz CT molecular complexity index is 1020. The van der Waals surface area contributed by atoms with E-state index in [9.17, 15) is 14.3 Å². The topological polar surface area (TPSA) is 58.4 Å². The molecule has 5 nitrogen and oxygen atoms in total. The summed E-state index contributed by atoms with van der Waals surface area (Å²) < 4.78 is 16.0. The second kappa shape index (κ2) is 6.37. The molecular weight excluding hydrogens is 357 g/mol. The number of aliphatic hydroxyl groups is 1. The Labute approximate surface area is 154 Å². The maximum absolute atomic E-state index is 14.1. The summed E-state index contributed by atoms with van der Waals surface area (Å²) in [5, 5.41) is 9.50. The van der Waals surface area contributed by atoms with Gasteiger partial charge in [-0.2, -0.15) is 0 Å². The van der Waals surface area contributed by atoms with Crippen molar-refractivity contribution in [1.29, 1.82) is 0 Å². The first-order valence-corrected chi connectivity index (χ1v) is 8.75. The van der Waals surface area contributed by atoms with Gasteiger partial charge in [-0.25, -0.2) is 4.39 Å². The number of amides is 1. The molecule has 1 aliphatic heterocycles. The number of hydrogen-bond donors (Lipinski definition) is 1. The summed E-state index contributed by atoms with van der Waals surface area (Å²) in [5.41, 5.74) is 3.09. The van der Waals surface area contributed by atoms with Crippen LogP contribution in [0.5, 0.6) is 0 Å². The van der Waals surface area contributed by atoms with Crippen LogP contribution in [-0.4, -0.2) is 44.7 Å². The highest BCUT2D eigenvalue weighted by molar-refractivity contribution is 6.30. The molecule has 3 heterocycles. The van der Waals surface area contributed by atoms with Crippen molar-refractivity contribution in [3.8, 4) is 11.1 Å². The molecule has 3 aromatic rings. The molecule has 1 amide bonds. The van der Waals surface area contributed by atoms with E-state index in [1.807, 2.05) is 16.7 Å². The standard InChI is InChI=1S/C19H17ClFN3O2/c1-11(10-25)23-7-8-24-15-3-2-6-22-17(15)16(18(24)19(23)26)12-4-5-13(20)14(21)9-12/h2-6,9,11,25H,7-8,10H2,1H3/t11-/m0/s1. The van der Waals surface area contributed by atoms with Crippen molar-refractivity contribution in [2.45, 2.75) is 19.5 Å². The van der Waals surface area contributed by atoms with Crippen LogP contribution in [0.25, 0.3) is 22.2 Å². The second-order valence-corrected chi connectivity index (χ2v) is 6.81. The maximum atomic E-state index is 14.1. The molecule has 1 N–H and O–H groups in total. The Morgan fingerprint density at radius 3 is 2.88 bits per heavy atom. The van der Waals surface area contributed by atoms with Crippen LogP contribution in [0.2, 0.25) is 5.02 Å². The predicted octanol–water partition coefficient (Wildman–Crippen LogP) is 3.33. The molecule has 1 atom stereocenters. The monoisotopic (exact) mass is 373 g/mol. The van der Waals surface area contributed by atoms with E-state index in [0.29, 0.717) is 35.4 Å². The minimum absolute atomic E-state index is 0.0287. The van der Waals surface area contributed by atoms with Gasteiger partial charge in [-0.05, 0) is 36.8 Å². The number of aromatic nitrogens is 2. The first-order chi connectivity index (χ1) is 12.5. The Hall–Kier alpha value is -2.44. The molecule has 26 heavy (non-hydrogen) atoms. The van der Waals surface area contributed by atoms with Gasteiger partial charge in [-0.3, -0.25) is 9.78 Å². The van der Waals surface area contributed by atoms with Crippen LogP contribution >= 0.6 is 11.6 Å². The van der Waals surface area contributed by atoms with E-state index in [2.05, 4.69) is 4.98 Å². The Morgan fingerprint density at radius 2 is 2.15 bits per heavy atom. The average molecular weight is 374 g/mol. The molecule has 134 valence electrons. The lowest BCUT2D eigenvalue weighted by molar-refractivity contribution is 0.0560. The molecule has 0 fully saturated rings. The summed E-state index contributed by atoms with van der Waals surface area (Å²) in [7, 11) is 0. The summed E-state index contributed by atoms with van der Waals surface area (Å²) in [6.45, 7) is 2.77. The van der Waals surface area contributed by atoms with Crippen molar-refractivity contribution < 1.29 is 14.3 Å². The molecular formula is C19H17ClFN3O2. The number of hydrogen-bond acceptors (Lipinski definition) is 3. The Balaban J connectivity index is 2.00. The summed E-state index contributed by atoms with van der Waals surface area (Å²) in [5.74, 6) is -0.738. The lowest BCUT2D eigenvalue weighted by Crippen LogP contribution is -2.46. The number of benzene rings is 1. The molecule has 7 heteroatoms. The van der Waals surface area contributed by atoms with Crippen LogP contribution < -0.4 is 0 Å². The molecule has 0 unspecified atom stereocenters. The highest BCUT2D eigenvalue weighted by Crippen LogP contribution is 2.37. The minimum atomic E-state index is -0.544. The van der Waals surface area contributed by atoms with Gasteiger partial charge >= 0.3 is 0 Å². The molecule has 0 aliphatic carbocycles. The lowest BCUT2D eigenvalue weighted by atomic mass is 10.0. The molecule has 4 rings (SSSR count).